The van der Waals surface area contributed by atoms with Gasteiger partial charge in [-0.25, -0.2) is 8.42 Å². The highest BCUT2D eigenvalue weighted by molar-refractivity contribution is 7.92. The van der Waals surface area contributed by atoms with E-state index >= 15 is 0 Å². The predicted molar refractivity (Wildman–Crippen MR) is 122 cm³/mol. The van der Waals surface area contributed by atoms with Crippen LogP contribution in [0.2, 0.25) is 0 Å². The molecule has 31 heavy (non-hydrogen) atoms. The van der Waals surface area contributed by atoms with E-state index in [4.69, 9.17) is 4.74 Å². The highest BCUT2D eigenvalue weighted by Crippen LogP contribution is 2.23. The minimum Gasteiger partial charge on any atom is -0.497 e. The van der Waals surface area contributed by atoms with E-state index in [2.05, 4.69) is 5.32 Å². The van der Waals surface area contributed by atoms with Crippen molar-refractivity contribution in [1.82, 2.24) is 5.32 Å². The topological polar surface area (TPSA) is 75.7 Å². The van der Waals surface area contributed by atoms with Crippen LogP contribution >= 0.6 is 0 Å². The number of nitrogens with zero attached hydrogens (tertiary/aromatic N) is 1. The van der Waals surface area contributed by atoms with Crippen molar-refractivity contribution in [2.75, 3.05) is 18.5 Å². The van der Waals surface area contributed by atoms with Crippen LogP contribution in [0, 0.1) is 0 Å². The molecule has 1 atom stereocenters. The van der Waals surface area contributed by atoms with Gasteiger partial charge in [-0.2, -0.15) is 0 Å². The zero-order chi connectivity index (χ0) is 22.4. The van der Waals surface area contributed by atoms with Crippen LogP contribution in [0.25, 0.3) is 0 Å². The average molecular weight is 439 g/mol. The Bertz CT molecular complexity index is 1110. The number of amides is 1. The van der Waals surface area contributed by atoms with Crippen molar-refractivity contribution in [2.24, 2.45) is 0 Å². The van der Waals surface area contributed by atoms with Gasteiger partial charge in [-0.1, -0.05) is 37.3 Å². The maximum absolute atomic E-state index is 12.8. The lowest BCUT2D eigenvalue weighted by molar-refractivity contribution is 0.0935. The number of carbonyl (C=O) groups excluding carboxylic acids is 1. The number of rotatable bonds is 8. The zero-order valence-corrected chi connectivity index (χ0v) is 18.6. The molecule has 0 aromatic heterocycles. The molecule has 0 heterocycles. The Hall–Kier alpha value is -3.32. The molecule has 3 rings (SSSR count). The number of carbonyl (C=O) groups is 1. The normalized spacial score (nSPS) is 12.1. The molecule has 0 aliphatic carbocycles. The molecule has 1 amide bonds. The third kappa shape index (κ3) is 5.06. The van der Waals surface area contributed by atoms with Gasteiger partial charge in [0, 0.05) is 12.6 Å². The molecule has 3 aromatic carbocycles. The average Bonchev–Trinajstić information content (AvgIpc) is 2.82. The van der Waals surface area contributed by atoms with Crippen LogP contribution in [0.4, 0.5) is 5.69 Å². The quantitative estimate of drug-likeness (QED) is 0.566. The second kappa shape index (κ2) is 9.66. The molecule has 6 nitrogen and oxygen atoms in total. The Kier molecular flexibility index (Phi) is 6.97. The molecule has 0 saturated carbocycles. The summed E-state index contributed by atoms with van der Waals surface area (Å²) in [4.78, 5) is 13.0. The largest absolute Gasteiger partial charge is 0.497 e. The summed E-state index contributed by atoms with van der Waals surface area (Å²) in [6.07, 6.45) is 0.730. The van der Waals surface area contributed by atoms with Crippen LogP contribution in [-0.2, 0) is 10.0 Å². The van der Waals surface area contributed by atoms with Crippen molar-refractivity contribution in [2.45, 2.75) is 24.3 Å². The minimum absolute atomic E-state index is 0.140. The van der Waals surface area contributed by atoms with E-state index in [1.54, 1.807) is 61.7 Å². The van der Waals surface area contributed by atoms with Gasteiger partial charge < -0.3 is 10.1 Å². The summed E-state index contributed by atoms with van der Waals surface area (Å²) in [5.41, 5.74) is 1.92. The highest BCUT2D eigenvalue weighted by Gasteiger charge is 2.21. The first-order chi connectivity index (χ1) is 14.9. The summed E-state index contributed by atoms with van der Waals surface area (Å²) in [5, 5.41) is 3.03. The van der Waals surface area contributed by atoms with Gasteiger partial charge in [0.15, 0.2) is 0 Å². The summed E-state index contributed by atoms with van der Waals surface area (Å²) in [6, 6.07) is 22.2. The molecule has 1 N–H and O–H groups in total. The molecular weight excluding hydrogens is 412 g/mol. The van der Waals surface area contributed by atoms with Crippen molar-refractivity contribution in [3.8, 4) is 5.75 Å². The number of anilines is 1. The summed E-state index contributed by atoms with van der Waals surface area (Å²) in [6.45, 7) is 2.00. The van der Waals surface area contributed by atoms with E-state index in [1.165, 1.54) is 11.4 Å². The molecule has 0 unspecified atom stereocenters. The first kappa shape index (κ1) is 22.4. The fourth-order valence-corrected chi connectivity index (χ4v) is 4.43. The number of hydrogen-bond acceptors (Lipinski definition) is 4. The Morgan fingerprint density at radius 3 is 2.13 bits per heavy atom. The molecule has 0 bridgehead atoms. The predicted octanol–water partition coefficient (Wildman–Crippen LogP) is 4.40. The fourth-order valence-electron chi connectivity index (χ4n) is 3.21. The maximum atomic E-state index is 12.8. The van der Waals surface area contributed by atoms with E-state index in [0.717, 1.165) is 17.7 Å². The van der Waals surface area contributed by atoms with Crippen LogP contribution in [0.1, 0.15) is 35.3 Å². The smallest absolute Gasteiger partial charge is 0.264 e. The Balaban J connectivity index is 1.73. The Morgan fingerprint density at radius 1 is 0.968 bits per heavy atom. The monoisotopic (exact) mass is 438 g/mol. The highest BCUT2D eigenvalue weighted by atomic mass is 32.2. The number of nitrogens with one attached hydrogen (secondary N) is 1. The second-order valence-electron chi connectivity index (χ2n) is 7.04. The van der Waals surface area contributed by atoms with Gasteiger partial charge in [-0.3, -0.25) is 9.10 Å². The molecule has 0 aliphatic rings. The molecule has 0 fully saturated rings. The number of methoxy groups -OCH3 is 1. The molecule has 0 saturated heterocycles. The van der Waals surface area contributed by atoms with E-state index in [0.29, 0.717) is 11.3 Å². The molecule has 7 heteroatoms. The zero-order valence-electron chi connectivity index (χ0n) is 17.8. The summed E-state index contributed by atoms with van der Waals surface area (Å²) in [7, 11) is -0.562. The van der Waals surface area contributed by atoms with Crippen LogP contribution in [0.5, 0.6) is 5.75 Å². The molecule has 162 valence electrons. The van der Waals surface area contributed by atoms with Gasteiger partial charge in [-0.05, 0) is 60.5 Å². The van der Waals surface area contributed by atoms with Crippen LogP contribution in [-0.4, -0.2) is 28.5 Å². The number of benzene rings is 3. The molecule has 0 radical (unpaired) electrons. The van der Waals surface area contributed by atoms with Gasteiger partial charge in [0.05, 0.1) is 23.7 Å². The Morgan fingerprint density at radius 2 is 1.58 bits per heavy atom. The Labute approximate surface area is 183 Å². The van der Waals surface area contributed by atoms with Gasteiger partial charge in [0.1, 0.15) is 5.75 Å². The third-order valence-electron chi connectivity index (χ3n) is 5.13. The maximum Gasteiger partial charge on any atom is 0.264 e. The standard InChI is InChI=1S/C24H26N2O4S/c1-4-23(18-12-16-21(30-3)17-13-18)25-24(27)19-10-14-20(15-11-19)26(2)31(28,29)22-8-6-5-7-9-22/h5-17,23H,4H2,1-3H3,(H,25,27)/t23-/m0/s1. The lowest BCUT2D eigenvalue weighted by Gasteiger charge is -2.20. The molecule has 0 spiro atoms. The first-order valence-corrected chi connectivity index (χ1v) is 11.4. The van der Waals surface area contributed by atoms with Crippen molar-refractivity contribution in [1.29, 1.82) is 0 Å². The van der Waals surface area contributed by atoms with Crippen LogP contribution < -0.4 is 14.4 Å². The molecule has 0 aliphatic heterocycles. The van der Waals surface area contributed by atoms with Gasteiger partial charge in [0.2, 0.25) is 0 Å². The molecular formula is C24H26N2O4S. The lowest BCUT2D eigenvalue weighted by Crippen LogP contribution is -2.28. The SMILES string of the molecule is CC[C@H](NC(=O)c1ccc(N(C)S(=O)(=O)c2ccccc2)cc1)c1ccc(OC)cc1. The van der Waals surface area contributed by atoms with Gasteiger partial charge in [-0.15, -0.1) is 0 Å². The summed E-state index contributed by atoms with van der Waals surface area (Å²) < 4.78 is 31.9. The van der Waals surface area contributed by atoms with Gasteiger partial charge in [0.25, 0.3) is 15.9 Å². The lowest BCUT2D eigenvalue weighted by atomic mass is 10.0. The van der Waals surface area contributed by atoms with Crippen molar-refractivity contribution in [3.05, 3.63) is 90.0 Å². The summed E-state index contributed by atoms with van der Waals surface area (Å²) in [5.74, 6) is 0.540. The van der Waals surface area contributed by atoms with E-state index < -0.39 is 10.0 Å². The van der Waals surface area contributed by atoms with Crippen molar-refractivity contribution >= 4 is 21.6 Å². The molecule has 3 aromatic rings. The van der Waals surface area contributed by atoms with E-state index in [1.807, 2.05) is 31.2 Å². The van der Waals surface area contributed by atoms with Crippen molar-refractivity contribution < 1.29 is 17.9 Å². The number of sulfonamides is 1. The minimum atomic E-state index is -3.67. The first-order valence-electron chi connectivity index (χ1n) is 9.95. The van der Waals surface area contributed by atoms with Crippen LogP contribution in [0.3, 0.4) is 0 Å². The number of hydrogen-bond donors (Lipinski definition) is 1. The van der Waals surface area contributed by atoms with Gasteiger partial charge >= 0.3 is 0 Å². The van der Waals surface area contributed by atoms with E-state index in [-0.39, 0.29) is 16.8 Å². The van der Waals surface area contributed by atoms with E-state index in [9.17, 15) is 13.2 Å². The van der Waals surface area contributed by atoms with Crippen LogP contribution in [0.15, 0.2) is 83.8 Å². The summed E-state index contributed by atoms with van der Waals surface area (Å²) >= 11 is 0. The second-order valence-corrected chi connectivity index (χ2v) is 9.01. The fraction of sp³-hybridized carbons (Fsp3) is 0.208. The third-order valence-corrected chi connectivity index (χ3v) is 6.93. The number of ether oxygens (including phenoxy) is 1. The van der Waals surface area contributed by atoms with Crippen molar-refractivity contribution in [3.63, 3.8) is 0 Å².